The number of aromatic nitrogens is 6. The quantitative estimate of drug-likeness (QED) is 0.540. The Morgan fingerprint density at radius 3 is 2.62 bits per heavy atom. The lowest BCUT2D eigenvalue weighted by Crippen LogP contribution is -2.29. The van der Waals surface area contributed by atoms with Crippen molar-refractivity contribution in [2.45, 2.75) is 45.3 Å². The number of rotatable bonds is 7. The van der Waals surface area contributed by atoms with E-state index in [1.165, 1.54) is 12.4 Å². The van der Waals surface area contributed by atoms with E-state index in [0.29, 0.717) is 29.8 Å². The van der Waals surface area contributed by atoms with Gasteiger partial charge in [-0.1, -0.05) is 0 Å². The highest BCUT2D eigenvalue weighted by Crippen LogP contribution is 2.46. The number of carbonyl (C=O) groups is 2. The number of carbonyl (C=O) groups excluding carboxylic acids is 2. The van der Waals surface area contributed by atoms with Gasteiger partial charge in [-0.25, -0.2) is 15.0 Å². The molecule has 0 aromatic carbocycles. The molecule has 0 bridgehead atoms. The third-order valence-electron chi connectivity index (χ3n) is 6.15. The summed E-state index contributed by atoms with van der Waals surface area (Å²) in [4.78, 5) is 43.8. The zero-order valence-corrected chi connectivity index (χ0v) is 19.2. The van der Waals surface area contributed by atoms with Crippen molar-refractivity contribution in [2.75, 3.05) is 16.8 Å². The number of hydrogen-bond donors (Lipinski definition) is 2. The van der Waals surface area contributed by atoms with Crippen LogP contribution >= 0.6 is 0 Å². The third-order valence-corrected chi connectivity index (χ3v) is 6.15. The predicted molar refractivity (Wildman–Crippen MR) is 122 cm³/mol. The molecule has 2 fully saturated rings. The zero-order valence-electron chi connectivity index (χ0n) is 19.2. The number of aliphatic hydroxyl groups is 1. The summed E-state index contributed by atoms with van der Waals surface area (Å²) in [5, 5.41) is 17.2. The van der Waals surface area contributed by atoms with Crippen molar-refractivity contribution in [1.82, 2.24) is 29.7 Å². The molecule has 0 unspecified atom stereocenters. The van der Waals surface area contributed by atoms with Crippen LogP contribution in [-0.4, -0.2) is 58.8 Å². The van der Waals surface area contributed by atoms with Gasteiger partial charge < -0.3 is 10.4 Å². The third kappa shape index (κ3) is 4.38. The van der Waals surface area contributed by atoms with E-state index in [9.17, 15) is 14.7 Å². The van der Waals surface area contributed by atoms with Crippen molar-refractivity contribution >= 4 is 23.5 Å². The Morgan fingerprint density at radius 2 is 1.94 bits per heavy atom. The molecule has 34 heavy (non-hydrogen) atoms. The summed E-state index contributed by atoms with van der Waals surface area (Å²) in [6, 6.07) is -0.190. The van der Waals surface area contributed by atoms with E-state index in [1.54, 1.807) is 48.2 Å². The second kappa shape index (κ2) is 8.24. The van der Waals surface area contributed by atoms with Crippen molar-refractivity contribution in [3.05, 3.63) is 54.1 Å². The number of nitrogens with one attached hydrogen (secondary N) is 1. The van der Waals surface area contributed by atoms with E-state index in [0.717, 1.165) is 12.0 Å². The Morgan fingerprint density at radius 1 is 1.21 bits per heavy atom. The van der Waals surface area contributed by atoms with Gasteiger partial charge >= 0.3 is 0 Å². The first-order chi connectivity index (χ1) is 16.2. The summed E-state index contributed by atoms with van der Waals surface area (Å²) in [6.45, 7) is 5.94. The van der Waals surface area contributed by atoms with E-state index in [4.69, 9.17) is 0 Å². The first kappa shape index (κ1) is 22.1. The molecule has 0 spiro atoms. The van der Waals surface area contributed by atoms with Crippen molar-refractivity contribution in [2.24, 2.45) is 11.8 Å². The van der Waals surface area contributed by atoms with Gasteiger partial charge in [0, 0.05) is 55.4 Å². The molecule has 3 aromatic heterocycles. The maximum atomic E-state index is 12.8. The minimum Gasteiger partial charge on any atom is -0.390 e. The highest BCUT2D eigenvalue weighted by atomic mass is 16.3. The first-order valence-electron chi connectivity index (χ1n) is 11.2. The smallest absolute Gasteiger partial charge is 0.276 e. The number of nitrogens with zero attached hydrogens (tertiary/aromatic N) is 7. The van der Waals surface area contributed by atoms with Crippen LogP contribution in [0.1, 0.15) is 55.0 Å². The van der Waals surface area contributed by atoms with Crippen LogP contribution in [0.5, 0.6) is 0 Å². The lowest BCUT2D eigenvalue weighted by atomic mass is 10.0. The Hall–Kier alpha value is -3.73. The molecule has 1 saturated carbocycles. The molecule has 2 aliphatic rings. The molecule has 0 radical (unpaired) electrons. The number of piperidine rings is 1. The van der Waals surface area contributed by atoms with Gasteiger partial charge in [-0.05, 0) is 33.1 Å². The number of hydrogen-bond acceptors (Lipinski definition) is 8. The fourth-order valence-corrected chi connectivity index (χ4v) is 4.20. The lowest BCUT2D eigenvalue weighted by molar-refractivity contribution is -0.118. The average molecular weight is 463 g/mol. The Balaban J connectivity index is 1.26. The van der Waals surface area contributed by atoms with E-state index < -0.39 is 11.5 Å². The molecule has 11 heteroatoms. The molecule has 5 rings (SSSR count). The van der Waals surface area contributed by atoms with Crippen LogP contribution in [0, 0.1) is 11.8 Å². The van der Waals surface area contributed by atoms with Gasteiger partial charge in [-0.2, -0.15) is 5.10 Å². The fraction of sp³-hybridized carbons (Fsp3) is 0.435. The van der Waals surface area contributed by atoms with Crippen LogP contribution in [0.25, 0.3) is 0 Å². The largest absolute Gasteiger partial charge is 0.390 e. The van der Waals surface area contributed by atoms with Gasteiger partial charge in [0.1, 0.15) is 5.69 Å². The minimum atomic E-state index is -1.02. The van der Waals surface area contributed by atoms with Crippen LogP contribution < -0.4 is 10.2 Å². The summed E-state index contributed by atoms with van der Waals surface area (Å²) in [5.41, 5.74) is 0.868. The van der Waals surface area contributed by atoms with Crippen LogP contribution in [0.2, 0.25) is 0 Å². The maximum Gasteiger partial charge on any atom is 0.276 e. The van der Waals surface area contributed by atoms with Crippen LogP contribution in [0.15, 0.2) is 37.2 Å². The number of fused-ring (bicyclic) bond motifs is 1. The van der Waals surface area contributed by atoms with Crippen molar-refractivity contribution in [3.8, 4) is 0 Å². The molecule has 3 atom stereocenters. The number of anilines is 2. The Bertz CT molecular complexity index is 1230. The van der Waals surface area contributed by atoms with E-state index in [2.05, 4.69) is 30.4 Å². The average Bonchev–Trinajstić information content (AvgIpc) is 3.30. The molecular weight excluding hydrogens is 436 g/mol. The van der Waals surface area contributed by atoms with Crippen molar-refractivity contribution < 1.29 is 14.7 Å². The maximum absolute atomic E-state index is 12.8. The van der Waals surface area contributed by atoms with Gasteiger partial charge in [-0.3, -0.25) is 24.2 Å². The predicted octanol–water partition coefficient (Wildman–Crippen LogP) is 1.62. The Kier molecular flexibility index (Phi) is 5.35. The van der Waals surface area contributed by atoms with Gasteiger partial charge in [0.2, 0.25) is 11.9 Å². The van der Waals surface area contributed by atoms with Crippen LogP contribution in [0.3, 0.4) is 0 Å². The second-order valence-corrected chi connectivity index (χ2v) is 9.55. The highest BCUT2D eigenvalue weighted by molar-refractivity contribution is 6.03. The van der Waals surface area contributed by atoms with Crippen molar-refractivity contribution in [3.63, 3.8) is 0 Å². The fourth-order valence-electron chi connectivity index (χ4n) is 4.20. The molecule has 2 N–H and O–H groups in total. The standard InChI is InChI=1S/C23H26N8O3/c1-13(15-8-26-22(27-9-15)30-11-14-6-17(14)21(30)33)31-12-16(10-28-31)29-20(32)19-18(7-23(2,3)34)24-4-5-25-19/h4-5,8-10,12-14,17,34H,6-7,11H2,1-3H3,(H,29,32)/t13-,14+,17+/m0/s1. The normalized spacial score (nSPS) is 20.2. The van der Waals surface area contributed by atoms with Gasteiger partial charge in [0.05, 0.1) is 29.2 Å². The SMILES string of the molecule is C[C@@H](c1cnc(N2C[C@H]3C[C@H]3C2=O)nc1)n1cc(NC(=O)c2nccnc2CC(C)(C)O)cn1. The highest BCUT2D eigenvalue weighted by Gasteiger charge is 2.53. The Labute approximate surface area is 196 Å². The van der Waals surface area contributed by atoms with E-state index in [1.807, 2.05) is 6.92 Å². The minimum absolute atomic E-state index is 0.118. The molecule has 3 aromatic rings. The molecular formula is C23H26N8O3. The summed E-state index contributed by atoms with van der Waals surface area (Å²) >= 11 is 0. The molecule has 1 aliphatic carbocycles. The van der Waals surface area contributed by atoms with E-state index >= 15 is 0 Å². The molecule has 4 heterocycles. The van der Waals surface area contributed by atoms with E-state index in [-0.39, 0.29) is 30.0 Å². The monoisotopic (exact) mass is 462 g/mol. The van der Waals surface area contributed by atoms with Crippen LogP contribution in [0.4, 0.5) is 11.6 Å². The van der Waals surface area contributed by atoms with Gasteiger partial charge in [-0.15, -0.1) is 0 Å². The molecule has 1 aliphatic heterocycles. The number of amides is 2. The summed E-state index contributed by atoms with van der Waals surface area (Å²) in [6.07, 6.45) is 10.8. The second-order valence-electron chi connectivity index (χ2n) is 9.55. The first-order valence-corrected chi connectivity index (χ1v) is 11.2. The molecule has 176 valence electrons. The topological polar surface area (TPSA) is 139 Å². The van der Waals surface area contributed by atoms with Crippen LogP contribution in [-0.2, 0) is 11.2 Å². The molecule has 11 nitrogen and oxygen atoms in total. The summed E-state index contributed by atoms with van der Waals surface area (Å²) in [7, 11) is 0. The molecule has 2 amide bonds. The summed E-state index contributed by atoms with van der Waals surface area (Å²) in [5.74, 6) is 0.744. The summed E-state index contributed by atoms with van der Waals surface area (Å²) < 4.78 is 1.69. The van der Waals surface area contributed by atoms with Gasteiger partial charge in [0.15, 0.2) is 0 Å². The zero-order chi connectivity index (χ0) is 24.0. The lowest BCUT2D eigenvalue weighted by Gasteiger charge is -2.17. The molecule has 1 saturated heterocycles. The van der Waals surface area contributed by atoms with Gasteiger partial charge in [0.25, 0.3) is 5.91 Å². The van der Waals surface area contributed by atoms with Crippen molar-refractivity contribution in [1.29, 1.82) is 0 Å².